The van der Waals surface area contributed by atoms with Crippen molar-refractivity contribution in [1.29, 1.82) is 0 Å². The van der Waals surface area contributed by atoms with E-state index in [0.29, 0.717) is 24.1 Å². The number of hydrogen-bond donors (Lipinski definition) is 5. The normalized spacial score (nSPS) is 29.7. The summed E-state index contributed by atoms with van der Waals surface area (Å²) in [5, 5.41) is 29.9. The number of nitrogens with zero attached hydrogens (tertiary/aromatic N) is 1. The van der Waals surface area contributed by atoms with Gasteiger partial charge in [0.2, 0.25) is 17.7 Å². The van der Waals surface area contributed by atoms with E-state index in [1.54, 1.807) is 50.2 Å². The molecule has 0 bridgehead atoms. The van der Waals surface area contributed by atoms with Crippen LogP contribution in [0.4, 0.5) is 5.69 Å². The van der Waals surface area contributed by atoms with Crippen molar-refractivity contribution >= 4 is 35.3 Å². The fraction of sp³-hybridized carbons (Fsp3) is 0.472. The van der Waals surface area contributed by atoms with Crippen LogP contribution < -0.4 is 16.0 Å². The fourth-order valence-corrected chi connectivity index (χ4v) is 6.50. The maximum absolute atomic E-state index is 14.2. The van der Waals surface area contributed by atoms with Gasteiger partial charge in [0, 0.05) is 30.6 Å². The molecule has 4 rings (SSSR count). The average Bonchev–Trinajstić information content (AvgIpc) is 3.27. The zero-order valence-electron chi connectivity index (χ0n) is 28.3. The number of amides is 4. The second kappa shape index (κ2) is 15.0. The molecule has 4 amide bonds. The number of esters is 1. The first-order chi connectivity index (χ1) is 22.6. The summed E-state index contributed by atoms with van der Waals surface area (Å²) >= 11 is 0. The van der Waals surface area contributed by atoms with Gasteiger partial charge < -0.3 is 35.8 Å². The van der Waals surface area contributed by atoms with E-state index in [2.05, 4.69) is 16.0 Å². The van der Waals surface area contributed by atoms with Crippen LogP contribution in [0, 0.1) is 11.8 Å². The summed E-state index contributed by atoms with van der Waals surface area (Å²) in [4.78, 5) is 68.7. The highest BCUT2D eigenvalue weighted by molar-refractivity contribution is 6.05. The molecule has 0 saturated heterocycles. The van der Waals surface area contributed by atoms with Crippen LogP contribution in [-0.2, 0) is 34.3 Å². The summed E-state index contributed by atoms with van der Waals surface area (Å²) in [6.45, 7) is 8.97. The summed E-state index contributed by atoms with van der Waals surface area (Å²) < 4.78 is 5.74. The highest BCUT2D eigenvalue weighted by Crippen LogP contribution is 2.40. The number of fused-ring (bicyclic) bond motifs is 1. The van der Waals surface area contributed by atoms with E-state index in [4.69, 9.17) is 4.74 Å². The summed E-state index contributed by atoms with van der Waals surface area (Å²) in [7, 11) is 1.36. The van der Waals surface area contributed by atoms with Crippen LogP contribution in [0.15, 0.2) is 60.2 Å². The van der Waals surface area contributed by atoms with Gasteiger partial charge in [-0.05, 0) is 63.3 Å². The molecule has 12 nitrogen and oxygen atoms in total. The number of nitrogens with one attached hydrogen (secondary N) is 3. The second-order valence-electron chi connectivity index (χ2n) is 13.2. The van der Waals surface area contributed by atoms with Crippen molar-refractivity contribution < 1.29 is 38.9 Å². The second-order valence-corrected chi connectivity index (χ2v) is 13.2. The third-order valence-corrected chi connectivity index (χ3v) is 9.00. The van der Waals surface area contributed by atoms with Crippen molar-refractivity contribution in [2.75, 3.05) is 12.4 Å². The number of ether oxygens (including phenoxy) is 1. The number of carbonyl (C=O) groups excluding carboxylic acids is 5. The van der Waals surface area contributed by atoms with Crippen LogP contribution in [0.3, 0.4) is 0 Å². The lowest BCUT2D eigenvalue weighted by molar-refractivity contribution is -0.150. The Morgan fingerprint density at radius 1 is 0.917 bits per heavy atom. The third-order valence-electron chi connectivity index (χ3n) is 9.00. The SMILES string of the molecule is CC1=C[C@H](C)C[C@H](C)OC(=O)C[C@H](c2ccc(O)cc2)NC(=O)[C@@H](C[C@@]2(O)C(=O)Nc3ccccc32)N(C)C(=O)[C@@H](C)NC(=O)[C@@H](C)C1. The number of phenolic OH excluding ortho intramolecular Hbond substituents is 1. The zero-order valence-corrected chi connectivity index (χ0v) is 28.3. The number of carbonyl (C=O) groups is 5. The Hall–Kier alpha value is -4.71. The summed E-state index contributed by atoms with van der Waals surface area (Å²) in [5.41, 5.74) is -0.0917. The monoisotopic (exact) mass is 662 g/mol. The zero-order chi connectivity index (χ0) is 35.3. The number of benzene rings is 2. The van der Waals surface area contributed by atoms with Gasteiger partial charge in [-0.2, -0.15) is 0 Å². The summed E-state index contributed by atoms with van der Waals surface area (Å²) in [6, 6.07) is 9.03. The number of aliphatic hydroxyl groups is 1. The quantitative estimate of drug-likeness (QED) is 0.246. The van der Waals surface area contributed by atoms with Gasteiger partial charge in [-0.25, -0.2) is 0 Å². The molecule has 2 aliphatic heterocycles. The van der Waals surface area contributed by atoms with Crippen molar-refractivity contribution in [1.82, 2.24) is 15.5 Å². The minimum atomic E-state index is -2.17. The van der Waals surface area contributed by atoms with Crippen LogP contribution >= 0.6 is 0 Å². The van der Waals surface area contributed by atoms with Crippen LogP contribution in [0.25, 0.3) is 0 Å². The van der Waals surface area contributed by atoms with Crippen molar-refractivity contribution in [3.63, 3.8) is 0 Å². The Labute approximate surface area is 280 Å². The largest absolute Gasteiger partial charge is 0.508 e. The molecule has 0 unspecified atom stereocenters. The molecule has 0 aliphatic carbocycles. The molecule has 7 atom stereocenters. The third kappa shape index (κ3) is 8.41. The Bertz CT molecular complexity index is 1570. The van der Waals surface area contributed by atoms with Crippen LogP contribution in [0.1, 0.15) is 77.5 Å². The van der Waals surface area contributed by atoms with Gasteiger partial charge in [-0.3, -0.25) is 24.0 Å². The van der Waals surface area contributed by atoms with E-state index in [1.165, 1.54) is 26.1 Å². The highest BCUT2D eigenvalue weighted by atomic mass is 16.5. The van der Waals surface area contributed by atoms with Crippen molar-refractivity contribution in [2.45, 2.75) is 90.1 Å². The summed E-state index contributed by atoms with van der Waals surface area (Å²) in [5.74, 6) is -3.50. The molecule has 2 aromatic rings. The van der Waals surface area contributed by atoms with Crippen LogP contribution in [0.5, 0.6) is 5.75 Å². The molecule has 258 valence electrons. The average molecular weight is 663 g/mol. The Balaban J connectivity index is 1.74. The van der Waals surface area contributed by atoms with Gasteiger partial charge in [0.25, 0.3) is 5.91 Å². The number of allylic oxidation sites excluding steroid dienone is 2. The Kier molecular flexibility index (Phi) is 11.3. The molecule has 2 heterocycles. The molecule has 0 saturated carbocycles. The van der Waals surface area contributed by atoms with E-state index < -0.39 is 65.9 Å². The first-order valence-electron chi connectivity index (χ1n) is 16.3. The number of rotatable bonds is 3. The number of aromatic hydroxyl groups is 1. The van der Waals surface area contributed by atoms with E-state index in [1.807, 2.05) is 19.9 Å². The van der Waals surface area contributed by atoms with Crippen molar-refractivity contribution in [3.05, 3.63) is 71.3 Å². The molecule has 0 radical (unpaired) electrons. The van der Waals surface area contributed by atoms with Gasteiger partial charge in [0.05, 0.1) is 18.6 Å². The molecule has 0 spiro atoms. The lowest BCUT2D eigenvalue weighted by atomic mass is 9.87. The molecular formula is C36H46N4O8. The first-order valence-corrected chi connectivity index (χ1v) is 16.3. The van der Waals surface area contributed by atoms with Gasteiger partial charge in [0.15, 0.2) is 5.60 Å². The molecule has 5 N–H and O–H groups in total. The number of anilines is 1. The van der Waals surface area contributed by atoms with E-state index in [0.717, 1.165) is 10.5 Å². The maximum atomic E-state index is 14.2. The molecule has 48 heavy (non-hydrogen) atoms. The van der Waals surface area contributed by atoms with Crippen LogP contribution in [-0.4, -0.2) is 69.9 Å². The standard InChI is InChI=1S/C36H46N4O8/c1-20-15-21(2)17-23(4)48-31(42)18-29(25-11-13-26(41)14-12-25)38-33(44)30(40(6)34(45)24(5)37-32(43)22(3)16-20)19-36(47)27-9-7-8-10-28(27)39-35(36)46/h7-15,21-24,29-30,41,47H,16-19H2,1-6H3,(H,37,43)(H,38,44)(H,39,46)/t21-,22-,23-,24+,29+,30+,36-/m0/s1. The lowest BCUT2D eigenvalue weighted by Crippen LogP contribution is -2.56. The molecule has 2 aliphatic rings. The predicted octanol–water partition coefficient (Wildman–Crippen LogP) is 3.45. The molecule has 0 fully saturated rings. The highest BCUT2D eigenvalue weighted by Gasteiger charge is 2.49. The Morgan fingerprint density at radius 3 is 2.27 bits per heavy atom. The minimum absolute atomic E-state index is 0.0172. The fourth-order valence-electron chi connectivity index (χ4n) is 6.50. The van der Waals surface area contributed by atoms with Crippen LogP contribution in [0.2, 0.25) is 0 Å². The predicted molar refractivity (Wildman–Crippen MR) is 178 cm³/mol. The van der Waals surface area contributed by atoms with Gasteiger partial charge >= 0.3 is 5.97 Å². The topological polar surface area (TPSA) is 174 Å². The Morgan fingerprint density at radius 2 is 1.58 bits per heavy atom. The molecule has 12 heteroatoms. The van der Waals surface area contributed by atoms with Crippen molar-refractivity contribution in [2.24, 2.45) is 11.8 Å². The van der Waals surface area contributed by atoms with E-state index in [9.17, 15) is 34.2 Å². The van der Waals surface area contributed by atoms with Gasteiger partial charge in [0.1, 0.15) is 17.8 Å². The molecule has 2 aromatic carbocycles. The maximum Gasteiger partial charge on any atom is 0.308 e. The van der Waals surface area contributed by atoms with Crippen molar-refractivity contribution in [3.8, 4) is 5.75 Å². The van der Waals surface area contributed by atoms with E-state index in [-0.39, 0.29) is 29.6 Å². The number of phenols is 1. The smallest absolute Gasteiger partial charge is 0.308 e. The minimum Gasteiger partial charge on any atom is -0.508 e. The van der Waals surface area contributed by atoms with Gasteiger partial charge in [-0.1, -0.05) is 55.8 Å². The van der Waals surface area contributed by atoms with Gasteiger partial charge in [-0.15, -0.1) is 0 Å². The lowest BCUT2D eigenvalue weighted by Gasteiger charge is -2.35. The first kappa shape index (κ1) is 36.1. The number of cyclic esters (lactones) is 1. The number of para-hydroxylation sites is 1. The van der Waals surface area contributed by atoms with E-state index >= 15 is 0 Å². The molecule has 0 aromatic heterocycles. The summed E-state index contributed by atoms with van der Waals surface area (Å²) in [6.07, 6.45) is 1.76. The molecular weight excluding hydrogens is 616 g/mol. The number of hydrogen-bond acceptors (Lipinski definition) is 8. The number of likely N-dealkylation sites (N-methyl/N-ethyl adjacent to an activating group) is 1.